The average molecular weight is 447 g/mol. The summed E-state index contributed by atoms with van der Waals surface area (Å²) in [5, 5.41) is 19.2. The number of rotatable bonds is 5. The molecule has 160 valence electrons. The van der Waals surface area contributed by atoms with Crippen molar-refractivity contribution in [2.45, 2.75) is 25.9 Å². The van der Waals surface area contributed by atoms with Gasteiger partial charge in [-0.3, -0.25) is 4.79 Å². The minimum atomic E-state index is -0.344. The van der Waals surface area contributed by atoms with Crippen LogP contribution < -0.4 is 0 Å². The Kier molecular flexibility index (Phi) is 5.28. The van der Waals surface area contributed by atoms with Gasteiger partial charge in [0.1, 0.15) is 18.3 Å². The third kappa shape index (κ3) is 4.04. The fourth-order valence-electron chi connectivity index (χ4n) is 3.58. The summed E-state index contributed by atoms with van der Waals surface area (Å²) in [6.07, 6.45) is 2.12. The van der Waals surface area contributed by atoms with E-state index in [1.54, 1.807) is 24.5 Å². The maximum Gasteiger partial charge on any atom is 0.267 e. The Morgan fingerprint density at radius 1 is 1.09 bits per heavy atom. The van der Waals surface area contributed by atoms with Gasteiger partial charge >= 0.3 is 0 Å². The predicted octanol–water partition coefficient (Wildman–Crippen LogP) is 4.27. The van der Waals surface area contributed by atoms with Crippen LogP contribution in [0.15, 0.2) is 76.4 Å². The van der Waals surface area contributed by atoms with Crippen molar-refractivity contribution in [3.8, 4) is 11.4 Å². The molecule has 0 unspecified atom stereocenters. The summed E-state index contributed by atoms with van der Waals surface area (Å²) in [4.78, 5) is 14.5. The molecule has 5 rings (SSSR count). The van der Waals surface area contributed by atoms with Gasteiger partial charge in [-0.05, 0) is 42.0 Å². The molecule has 9 heteroatoms. The van der Waals surface area contributed by atoms with Crippen molar-refractivity contribution >= 4 is 23.2 Å². The molecule has 0 spiro atoms. The van der Waals surface area contributed by atoms with Crippen LogP contribution in [-0.4, -0.2) is 36.8 Å². The summed E-state index contributed by atoms with van der Waals surface area (Å²) in [7, 11) is 0. The normalized spacial score (nSPS) is 15.8. The molecule has 32 heavy (non-hydrogen) atoms. The SMILES string of the molecule is Cc1ccc(-c2nnn(CC(=O)N3N=C(c4ccc(Cl)cc4)C[C@H]3c3ccco3)n2)cc1. The molecule has 0 fully saturated rings. The molecule has 2 aromatic carbocycles. The largest absolute Gasteiger partial charge is 0.467 e. The van der Waals surface area contributed by atoms with Crippen LogP contribution in [0.25, 0.3) is 11.4 Å². The van der Waals surface area contributed by atoms with Crippen LogP contribution in [0.2, 0.25) is 5.02 Å². The number of nitrogens with zero attached hydrogens (tertiary/aromatic N) is 6. The van der Waals surface area contributed by atoms with Crippen LogP contribution >= 0.6 is 11.6 Å². The number of benzene rings is 2. The second-order valence-corrected chi connectivity index (χ2v) is 7.97. The van der Waals surface area contributed by atoms with Gasteiger partial charge in [0.25, 0.3) is 5.91 Å². The molecule has 0 saturated carbocycles. The van der Waals surface area contributed by atoms with Crippen molar-refractivity contribution < 1.29 is 9.21 Å². The van der Waals surface area contributed by atoms with E-state index in [0.29, 0.717) is 23.0 Å². The Hall–Kier alpha value is -3.78. The fraction of sp³-hybridized carbons (Fsp3) is 0.174. The monoisotopic (exact) mass is 446 g/mol. The zero-order valence-corrected chi connectivity index (χ0v) is 18.0. The first-order valence-electron chi connectivity index (χ1n) is 10.1. The maximum atomic E-state index is 13.2. The van der Waals surface area contributed by atoms with Gasteiger partial charge in [0.05, 0.1) is 12.0 Å². The molecule has 0 bridgehead atoms. The van der Waals surface area contributed by atoms with Gasteiger partial charge in [0.15, 0.2) is 0 Å². The van der Waals surface area contributed by atoms with E-state index < -0.39 is 0 Å². The number of hydrogen-bond acceptors (Lipinski definition) is 6. The summed E-state index contributed by atoms with van der Waals surface area (Å²) < 4.78 is 5.58. The van der Waals surface area contributed by atoms with Gasteiger partial charge < -0.3 is 4.42 Å². The van der Waals surface area contributed by atoms with Crippen LogP contribution in [0.5, 0.6) is 0 Å². The maximum absolute atomic E-state index is 13.2. The second-order valence-electron chi connectivity index (χ2n) is 7.54. The van der Waals surface area contributed by atoms with Crippen LogP contribution in [0.1, 0.15) is 29.3 Å². The van der Waals surface area contributed by atoms with E-state index in [9.17, 15) is 4.79 Å². The summed E-state index contributed by atoms with van der Waals surface area (Å²) in [5.74, 6) is 0.869. The predicted molar refractivity (Wildman–Crippen MR) is 119 cm³/mol. The minimum Gasteiger partial charge on any atom is -0.467 e. The van der Waals surface area contributed by atoms with Crippen molar-refractivity contribution in [3.63, 3.8) is 0 Å². The highest BCUT2D eigenvalue weighted by atomic mass is 35.5. The van der Waals surface area contributed by atoms with E-state index in [1.807, 2.05) is 49.4 Å². The van der Waals surface area contributed by atoms with E-state index in [-0.39, 0.29) is 18.5 Å². The highest BCUT2D eigenvalue weighted by Crippen LogP contribution is 2.33. The van der Waals surface area contributed by atoms with Crippen LogP contribution in [0.3, 0.4) is 0 Å². The Balaban J connectivity index is 1.39. The van der Waals surface area contributed by atoms with Crippen LogP contribution in [0, 0.1) is 6.92 Å². The Labute approximate surface area is 189 Å². The van der Waals surface area contributed by atoms with Gasteiger partial charge in [-0.15, -0.1) is 10.2 Å². The van der Waals surface area contributed by atoms with Gasteiger partial charge in [-0.2, -0.15) is 9.90 Å². The third-order valence-corrected chi connectivity index (χ3v) is 5.51. The van der Waals surface area contributed by atoms with E-state index in [4.69, 9.17) is 16.0 Å². The summed E-state index contributed by atoms with van der Waals surface area (Å²) in [5.41, 5.74) is 3.67. The number of carbonyl (C=O) groups excluding carboxylic acids is 1. The van der Waals surface area contributed by atoms with E-state index in [1.165, 1.54) is 9.81 Å². The lowest BCUT2D eigenvalue weighted by Gasteiger charge is -2.19. The highest BCUT2D eigenvalue weighted by molar-refractivity contribution is 6.30. The van der Waals surface area contributed by atoms with Gasteiger partial charge in [-0.25, -0.2) is 5.01 Å². The average Bonchev–Trinajstić information content (AvgIpc) is 3.55. The van der Waals surface area contributed by atoms with Crippen LogP contribution in [0.4, 0.5) is 0 Å². The lowest BCUT2D eigenvalue weighted by atomic mass is 10.0. The van der Waals surface area contributed by atoms with Gasteiger partial charge in [0.2, 0.25) is 5.82 Å². The molecule has 3 heterocycles. The number of tetrazole rings is 1. The summed E-state index contributed by atoms with van der Waals surface area (Å²) in [6.45, 7) is 1.92. The molecule has 0 radical (unpaired) electrons. The van der Waals surface area contributed by atoms with Gasteiger partial charge in [0, 0.05) is 17.0 Å². The molecule has 1 aliphatic heterocycles. The number of carbonyl (C=O) groups is 1. The van der Waals surface area contributed by atoms with Crippen molar-refractivity contribution in [1.82, 2.24) is 25.2 Å². The summed E-state index contributed by atoms with van der Waals surface area (Å²) in [6, 6.07) is 18.5. The van der Waals surface area contributed by atoms with Crippen molar-refractivity contribution in [2.75, 3.05) is 0 Å². The topological polar surface area (TPSA) is 89.4 Å². The van der Waals surface area contributed by atoms with Gasteiger partial charge in [-0.1, -0.05) is 53.6 Å². The van der Waals surface area contributed by atoms with E-state index in [2.05, 4.69) is 20.5 Å². The molecular weight excluding hydrogens is 428 g/mol. The third-order valence-electron chi connectivity index (χ3n) is 5.25. The smallest absolute Gasteiger partial charge is 0.267 e. The molecule has 1 atom stereocenters. The summed E-state index contributed by atoms with van der Waals surface area (Å²) >= 11 is 6.01. The number of aromatic nitrogens is 4. The molecule has 4 aromatic rings. The quantitative estimate of drug-likeness (QED) is 0.456. The van der Waals surface area contributed by atoms with E-state index in [0.717, 1.165) is 22.4 Å². The minimum absolute atomic E-state index is 0.0898. The molecule has 1 aliphatic rings. The zero-order valence-electron chi connectivity index (χ0n) is 17.2. The number of halogens is 1. The van der Waals surface area contributed by atoms with E-state index >= 15 is 0 Å². The Morgan fingerprint density at radius 3 is 2.56 bits per heavy atom. The van der Waals surface area contributed by atoms with Crippen molar-refractivity contribution in [2.24, 2.45) is 5.10 Å². The first-order valence-corrected chi connectivity index (χ1v) is 10.5. The standard InChI is InChI=1S/C23H19ClN6O2/c1-15-4-6-17(7-5-15)23-25-28-29(27-23)14-22(31)30-20(21-3-2-12-32-21)13-19(26-30)16-8-10-18(24)11-9-16/h2-12,20H,13-14H2,1H3/t20-/m0/s1. The van der Waals surface area contributed by atoms with Crippen molar-refractivity contribution in [3.05, 3.63) is 88.8 Å². The first kappa shape index (κ1) is 20.1. The molecule has 8 nitrogen and oxygen atoms in total. The number of furan rings is 1. The molecule has 0 N–H and O–H groups in total. The molecule has 1 amide bonds. The number of hydrazone groups is 1. The Bertz CT molecular complexity index is 1260. The van der Waals surface area contributed by atoms with Crippen LogP contribution in [-0.2, 0) is 11.3 Å². The fourth-order valence-corrected chi connectivity index (χ4v) is 3.71. The molecule has 2 aromatic heterocycles. The Morgan fingerprint density at radius 2 is 1.84 bits per heavy atom. The highest BCUT2D eigenvalue weighted by Gasteiger charge is 2.35. The number of amides is 1. The first-order chi connectivity index (χ1) is 15.6. The number of aryl methyl sites for hydroxylation is 1. The molecular formula is C23H19ClN6O2. The molecule has 0 saturated heterocycles. The second kappa shape index (κ2) is 8.39. The zero-order chi connectivity index (χ0) is 22.1. The molecule has 0 aliphatic carbocycles. The lowest BCUT2D eigenvalue weighted by Crippen LogP contribution is -2.31. The number of hydrogen-bond donors (Lipinski definition) is 0. The van der Waals surface area contributed by atoms with Crippen molar-refractivity contribution in [1.29, 1.82) is 0 Å². The lowest BCUT2D eigenvalue weighted by molar-refractivity contribution is -0.134.